The molecule has 2 aliphatic rings. The average molecular weight is 392 g/mol. The average Bonchev–Trinajstić information content (AvgIpc) is 2.57. The van der Waals surface area contributed by atoms with Crippen molar-refractivity contribution in [1.29, 1.82) is 0 Å². The van der Waals surface area contributed by atoms with Crippen LogP contribution in [0.3, 0.4) is 0 Å². The molecule has 1 aromatic carbocycles. The maximum atomic E-state index is 12.3. The molecule has 1 heterocycles. The second-order valence-electron chi connectivity index (χ2n) is 5.35. The van der Waals surface area contributed by atoms with Crippen molar-refractivity contribution in [3.63, 3.8) is 0 Å². The Bertz CT molecular complexity index is 807. The summed E-state index contributed by atoms with van der Waals surface area (Å²) in [6, 6.07) is 6.54. The van der Waals surface area contributed by atoms with Gasteiger partial charge in [0.2, 0.25) is 0 Å². The van der Waals surface area contributed by atoms with Crippen molar-refractivity contribution in [2.75, 3.05) is 18.6 Å². The highest BCUT2D eigenvalue weighted by molar-refractivity contribution is 9.11. The third-order valence-electron chi connectivity index (χ3n) is 3.85. The molecule has 0 radical (unpaired) electrons. The van der Waals surface area contributed by atoms with E-state index in [-0.39, 0.29) is 16.9 Å². The number of anilines is 1. The summed E-state index contributed by atoms with van der Waals surface area (Å²) in [4.78, 5) is 26.1. The topological polar surface area (TPSA) is 87.1 Å². The molecule has 0 aromatic heterocycles. The Balaban J connectivity index is 2.10. The van der Waals surface area contributed by atoms with Crippen LogP contribution in [0.2, 0.25) is 0 Å². The van der Waals surface area contributed by atoms with Crippen molar-refractivity contribution < 1.29 is 24.5 Å². The third kappa shape index (κ3) is 2.76. The van der Waals surface area contributed by atoms with Crippen molar-refractivity contribution in [3.05, 3.63) is 57.7 Å². The van der Waals surface area contributed by atoms with E-state index in [9.17, 15) is 19.8 Å². The molecule has 1 aromatic rings. The Kier molecular flexibility index (Phi) is 4.29. The van der Waals surface area contributed by atoms with E-state index < -0.39 is 17.9 Å². The number of ether oxygens (including phenoxy) is 1. The van der Waals surface area contributed by atoms with E-state index in [1.54, 1.807) is 30.5 Å². The molecule has 1 aliphatic heterocycles. The molecular weight excluding hydrogens is 378 g/mol. The number of fused-ring (bicyclic) bond motifs is 1. The molecule has 0 spiro atoms. The van der Waals surface area contributed by atoms with Crippen molar-refractivity contribution >= 4 is 33.4 Å². The van der Waals surface area contributed by atoms with Crippen molar-refractivity contribution in [3.8, 4) is 5.75 Å². The number of carbonyl (C=O) groups excluding carboxylic acids is 2. The number of hydrogen-bond acceptors (Lipinski definition) is 6. The Morgan fingerprint density at radius 1 is 1.33 bits per heavy atom. The van der Waals surface area contributed by atoms with Crippen LogP contribution in [0.25, 0.3) is 0 Å². The molecule has 3 rings (SSSR count). The van der Waals surface area contributed by atoms with Crippen LogP contribution in [0.1, 0.15) is 0 Å². The first-order valence-corrected chi connectivity index (χ1v) is 7.91. The molecular formula is C17H14BrNO5. The minimum absolute atomic E-state index is 0.139. The van der Waals surface area contributed by atoms with Crippen LogP contribution in [0, 0.1) is 0 Å². The minimum atomic E-state index is -1.38. The number of aliphatic hydroxyl groups excluding tert-OH is 1. The van der Waals surface area contributed by atoms with Gasteiger partial charge in [0.15, 0.2) is 5.78 Å². The number of aliphatic hydroxyl groups is 1. The maximum absolute atomic E-state index is 12.3. The fraction of sp³-hybridized carbons (Fsp3) is 0.176. The lowest BCUT2D eigenvalue weighted by molar-refractivity contribution is -0.135. The lowest BCUT2D eigenvalue weighted by atomic mass is 9.84. The highest BCUT2D eigenvalue weighted by atomic mass is 79.9. The van der Waals surface area contributed by atoms with Gasteiger partial charge in [-0.2, -0.15) is 0 Å². The van der Waals surface area contributed by atoms with Crippen molar-refractivity contribution in [2.45, 2.75) is 6.10 Å². The lowest BCUT2D eigenvalue weighted by Gasteiger charge is -2.31. The molecule has 0 bridgehead atoms. The molecule has 0 fully saturated rings. The quantitative estimate of drug-likeness (QED) is 0.747. The molecule has 0 saturated carbocycles. The van der Waals surface area contributed by atoms with Crippen molar-refractivity contribution in [2.24, 2.45) is 0 Å². The number of carbonyl (C=O) groups is 2. The third-order valence-corrected chi connectivity index (χ3v) is 4.50. The van der Waals surface area contributed by atoms with Crippen LogP contribution >= 0.6 is 15.9 Å². The fourth-order valence-electron chi connectivity index (χ4n) is 2.68. The van der Waals surface area contributed by atoms with Gasteiger partial charge in [0.1, 0.15) is 11.9 Å². The predicted molar refractivity (Wildman–Crippen MR) is 90.6 cm³/mol. The number of rotatable bonds is 2. The molecule has 24 heavy (non-hydrogen) atoms. The number of phenols is 1. The Morgan fingerprint density at radius 2 is 2.00 bits per heavy atom. The van der Waals surface area contributed by atoms with E-state index in [1.165, 1.54) is 13.2 Å². The number of nitrogens with zero attached hydrogens (tertiary/aromatic N) is 1. The Labute approximate surface area is 146 Å². The van der Waals surface area contributed by atoms with Gasteiger partial charge in [-0.3, -0.25) is 4.79 Å². The zero-order chi connectivity index (χ0) is 17.4. The predicted octanol–water partition coefficient (Wildman–Crippen LogP) is 1.79. The van der Waals surface area contributed by atoms with Gasteiger partial charge in [-0.25, -0.2) is 4.79 Å². The van der Waals surface area contributed by atoms with Crippen LogP contribution in [0.15, 0.2) is 57.7 Å². The fourth-order valence-corrected chi connectivity index (χ4v) is 3.36. The second kappa shape index (κ2) is 6.26. The van der Waals surface area contributed by atoms with Gasteiger partial charge in [0.25, 0.3) is 0 Å². The summed E-state index contributed by atoms with van der Waals surface area (Å²) in [6.07, 6.45) is 1.49. The summed E-state index contributed by atoms with van der Waals surface area (Å²) in [7, 11) is 1.24. The normalized spacial score (nSPS) is 20.4. The van der Waals surface area contributed by atoms with Crippen molar-refractivity contribution in [1.82, 2.24) is 0 Å². The Hall–Kier alpha value is -2.38. The number of Topliss-reactive ketones (excluding diaryl/α,β-unsaturated/α-hetero) is 1. The summed E-state index contributed by atoms with van der Waals surface area (Å²) in [6.45, 7) is 0.358. The van der Waals surface area contributed by atoms with E-state index in [0.717, 1.165) is 5.69 Å². The molecule has 1 unspecified atom stereocenters. The highest BCUT2D eigenvalue weighted by Crippen LogP contribution is 2.37. The standard InChI is InChI=1S/C17H14BrNO5/c1-24-17(23)11-6-14(21)16(22)15-12(11)7-19(8-13(15)18)9-2-4-10(20)5-3-9/h2-7,14,20-21H,8H2,1H3. The summed E-state index contributed by atoms with van der Waals surface area (Å²) in [5.41, 5.74) is 1.59. The van der Waals surface area contributed by atoms with Crippen LogP contribution in [0.4, 0.5) is 5.69 Å². The highest BCUT2D eigenvalue weighted by Gasteiger charge is 2.37. The van der Waals surface area contributed by atoms with Gasteiger partial charge < -0.3 is 19.8 Å². The molecule has 124 valence electrons. The van der Waals surface area contributed by atoms with Crippen LogP contribution in [-0.2, 0) is 14.3 Å². The lowest BCUT2D eigenvalue weighted by Crippen LogP contribution is -2.35. The molecule has 1 aliphatic carbocycles. The zero-order valence-corrected chi connectivity index (χ0v) is 14.3. The van der Waals surface area contributed by atoms with Gasteiger partial charge in [-0.15, -0.1) is 0 Å². The first kappa shape index (κ1) is 16.5. The van der Waals surface area contributed by atoms with Gasteiger partial charge in [-0.05, 0) is 30.3 Å². The number of halogens is 1. The summed E-state index contributed by atoms with van der Waals surface area (Å²) >= 11 is 3.39. The van der Waals surface area contributed by atoms with E-state index in [1.807, 2.05) is 4.90 Å². The van der Waals surface area contributed by atoms with E-state index in [0.29, 0.717) is 16.6 Å². The summed E-state index contributed by atoms with van der Waals surface area (Å²) in [5, 5.41) is 19.3. The number of ketones is 1. The number of esters is 1. The van der Waals surface area contributed by atoms with Crippen LogP contribution in [0.5, 0.6) is 5.75 Å². The maximum Gasteiger partial charge on any atom is 0.338 e. The summed E-state index contributed by atoms with van der Waals surface area (Å²) in [5.74, 6) is -0.950. The van der Waals surface area contributed by atoms with Crippen LogP contribution < -0.4 is 4.90 Å². The molecule has 6 nitrogen and oxygen atoms in total. The monoisotopic (exact) mass is 391 g/mol. The summed E-state index contributed by atoms with van der Waals surface area (Å²) < 4.78 is 5.32. The second-order valence-corrected chi connectivity index (χ2v) is 6.31. The number of phenolic OH excluding ortho intramolecular Hbond substituents is 1. The van der Waals surface area contributed by atoms with Gasteiger partial charge in [0, 0.05) is 27.5 Å². The van der Waals surface area contributed by atoms with Crippen LogP contribution in [-0.4, -0.2) is 41.7 Å². The number of hydrogen-bond donors (Lipinski definition) is 2. The van der Waals surface area contributed by atoms with Gasteiger partial charge in [-0.1, -0.05) is 15.9 Å². The first-order chi connectivity index (χ1) is 11.4. The minimum Gasteiger partial charge on any atom is -0.508 e. The zero-order valence-electron chi connectivity index (χ0n) is 12.7. The SMILES string of the molecule is COC(=O)C1=CC(O)C(=O)C2=C(Br)CN(c3ccc(O)cc3)C=C12. The molecule has 2 N–H and O–H groups in total. The number of methoxy groups -OCH3 is 1. The Morgan fingerprint density at radius 3 is 2.62 bits per heavy atom. The first-order valence-electron chi connectivity index (χ1n) is 7.11. The number of aromatic hydroxyl groups is 1. The molecule has 0 saturated heterocycles. The van der Waals surface area contributed by atoms with E-state index in [4.69, 9.17) is 4.74 Å². The van der Waals surface area contributed by atoms with E-state index in [2.05, 4.69) is 15.9 Å². The number of benzene rings is 1. The molecule has 7 heteroatoms. The van der Waals surface area contributed by atoms with Gasteiger partial charge >= 0.3 is 5.97 Å². The smallest absolute Gasteiger partial charge is 0.338 e. The molecule has 0 amide bonds. The largest absolute Gasteiger partial charge is 0.508 e. The molecule has 1 atom stereocenters. The van der Waals surface area contributed by atoms with Gasteiger partial charge in [0.05, 0.1) is 19.2 Å². The van der Waals surface area contributed by atoms with E-state index >= 15 is 0 Å².